The third-order valence-corrected chi connectivity index (χ3v) is 3.19. The number of benzene rings is 1. The molecule has 1 saturated heterocycles. The third kappa shape index (κ3) is 2.73. The number of hydrogen-bond donors (Lipinski definition) is 0. The van der Waals surface area contributed by atoms with Gasteiger partial charge in [0.25, 0.3) is 5.91 Å². The summed E-state index contributed by atoms with van der Waals surface area (Å²) >= 11 is 0. The van der Waals surface area contributed by atoms with Crippen molar-refractivity contribution in [2.24, 2.45) is 0 Å². The van der Waals surface area contributed by atoms with E-state index in [4.69, 9.17) is 0 Å². The molecule has 0 bridgehead atoms. The van der Waals surface area contributed by atoms with Crippen LogP contribution in [0.1, 0.15) is 35.7 Å². The highest BCUT2D eigenvalue weighted by atomic mass is 16.2. The van der Waals surface area contributed by atoms with E-state index in [9.17, 15) is 9.59 Å². The quantitative estimate of drug-likeness (QED) is 0.781. The lowest BCUT2D eigenvalue weighted by Gasteiger charge is -2.26. The first-order valence-electron chi connectivity index (χ1n) is 6.10. The normalized spacial score (nSPS) is 16.1. The SMILES string of the molecule is CCc1cccc(C(=O)N2CCC(=O)CC2)c1. The molecule has 1 aliphatic heterocycles. The molecule has 0 unspecified atom stereocenters. The average molecular weight is 231 g/mol. The van der Waals surface area contributed by atoms with Crippen LogP contribution in [0.15, 0.2) is 24.3 Å². The molecule has 0 aliphatic carbocycles. The number of nitrogens with zero attached hydrogens (tertiary/aromatic N) is 1. The van der Waals surface area contributed by atoms with Gasteiger partial charge in [0.05, 0.1) is 0 Å². The standard InChI is InChI=1S/C14H17NO2/c1-2-11-4-3-5-12(10-11)14(17)15-8-6-13(16)7-9-15/h3-5,10H,2,6-9H2,1H3. The summed E-state index contributed by atoms with van der Waals surface area (Å²) in [6, 6.07) is 7.73. The van der Waals surface area contributed by atoms with E-state index < -0.39 is 0 Å². The van der Waals surface area contributed by atoms with Gasteiger partial charge in [-0.1, -0.05) is 19.1 Å². The first-order chi connectivity index (χ1) is 8.20. The first-order valence-corrected chi connectivity index (χ1v) is 6.10. The molecule has 3 heteroatoms. The van der Waals surface area contributed by atoms with E-state index in [2.05, 4.69) is 6.92 Å². The molecule has 1 aliphatic rings. The second-order valence-corrected chi connectivity index (χ2v) is 4.38. The highest BCUT2D eigenvalue weighted by molar-refractivity contribution is 5.95. The Hall–Kier alpha value is -1.64. The van der Waals surface area contributed by atoms with Gasteiger partial charge in [-0.25, -0.2) is 0 Å². The highest BCUT2D eigenvalue weighted by Crippen LogP contribution is 2.13. The largest absolute Gasteiger partial charge is 0.338 e. The summed E-state index contributed by atoms with van der Waals surface area (Å²) in [6.45, 7) is 3.20. The van der Waals surface area contributed by atoms with E-state index in [0.29, 0.717) is 25.9 Å². The van der Waals surface area contributed by atoms with Crippen LogP contribution in [0, 0.1) is 0 Å². The number of carbonyl (C=O) groups excluding carboxylic acids is 2. The van der Waals surface area contributed by atoms with Gasteiger partial charge in [0.15, 0.2) is 0 Å². The van der Waals surface area contributed by atoms with Crippen molar-refractivity contribution in [3.05, 3.63) is 35.4 Å². The number of Topliss-reactive ketones (excluding diaryl/α,β-unsaturated/α-hetero) is 1. The molecule has 0 atom stereocenters. The fourth-order valence-electron chi connectivity index (χ4n) is 2.07. The minimum atomic E-state index is 0.0489. The van der Waals surface area contributed by atoms with Gasteiger partial charge >= 0.3 is 0 Å². The average Bonchev–Trinajstić information content (AvgIpc) is 2.39. The molecular formula is C14H17NO2. The summed E-state index contributed by atoms with van der Waals surface area (Å²) in [5.41, 5.74) is 1.91. The van der Waals surface area contributed by atoms with E-state index in [0.717, 1.165) is 12.0 Å². The van der Waals surface area contributed by atoms with Crippen LogP contribution in [0.4, 0.5) is 0 Å². The topological polar surface area (TPSA) is 37.4 Å². The first kappa shape index (κ1) is 11.8. The van der Waals surface area contributed by atoms with Crippen LogP contribution in [0.25, 0.3) is 0 Å². The number of amides is 1. The van der Waals surface area contributed by atoms with Gasteiger partial charge in [-0.05, 0) is 24.1 Å². The van der Waals surface area contributed by atoms with Crippen molar-refractivity contribution in [3.8, 4) is 0 Å². The maximum atomic E-state index is 12.2. The van der Waals surface area contributed by atoms with Gasteiger partial charge in [0, 0.05) is 31.5 Å². The molecular weight excluding hydrogens is 214 g/mol. The van der Waals surface area contributed by atoms with Gasteiger partial charge < -0.3 is 4.90 Å². The number of likely N-dealkylation sites (tertiary alicyclic amines) is 1. The molecule has 1 amide bonds. The van der Waals surface area contributed by atoms with Gasteiger partial charge in [-0.3, -0.25) is 9.59 Å². The van der Waals surface area contributed by atoms with Crippen LogP contribution in [0.5, 0.6) is 0 Å². The van der Waals surface area contributed by atoms with E-state index in [-0.39, 0.29) is 11.7 Å². The molecule has 1 fully saturated rings. The summed E-state index contributed by atoms with van der Waals surface area (Å²) in [4.78, 5) is 25.1. The van der Waals surface area contributed by atoms with Crippen molar-refractivity contribution in [2.75, 3.05) is 13.1 Å². The molecule has 90 valence electrons. The van der Waals surface area contributed by atoms with E-state index in [1.807, 2.05) is 24.3 Å². The smallest absolute Gasteiger partial charge is 0.253 e. The van der Waals surface area contributed by atoms with Crippen molar-refractivity contribution < 1.29 is 9.59 Å². The predicted molar refractivity (Wildman–Crippen MR) is 66.0 cm³/mol. The number of carbonyl (C=O) groups is 2. The Morgan fingerprint density at radius 3 is 2.65 bits per heavy atom. The number of aryl methyl sites for hydroxylation is 1. The molecule has 17 heavy (non-hydrogen) atoms. The Labute approximate surface area is 101 Å². The zero-order chi connectivity index (χ0) is 12.3. The minimum Gasteiger partial charge on any atom is -0.338 e. The Kier molecular flexibility index (Phi) is 3.57. The molecule has 0 saturated carbocycles. The fourth-order valence-corrected chi connectivity index (χ4v) is 2.07. The summed E-state index contributed by atoms with van der Waals surface area (Å²) in [6.07, 6.45) is 1.93. The highest BCUT2D eigenvalue weighted by Gasteiger charge is 2.21. The summed E-state index contributed by atoms with van der Waals surface area (Å²) in [5.74, 6) is 0.309. The number of hydrogen-bond acceptors (Lipinski definition) is 2. The van der Waals surface area contributed by atoms with Crippen molar-refractivity contribution in [2.45, 2.75) is 26.2 Å². The molecule has 1 aromatic rings. The van der Waals surface area contributed by atoms with Gasteiger partial charge in [-0.2, -0.15) is 0 Å². The summed E-state index contributed by atoms with van der Waals surface area (Å²) in [7, 11) is 0. The lowest BCUT2D eigenvalue weighted by atomic mass is 10.1. The van der Waals surface area contributed by atoms with Crippen LogP contribution >= 0.6 is 0 Å². The van der Waals surface area contributed by atoms with Crippen LogP contribution < -0.4 is 0 Å². The number of piperidine rings is 1. The van der Waals surface area contributed by atoms with Crippen molar-refractivity contribution in [1.82, 2.24) is 4.90 Å². The Morgan fingerprint density at radius 2 is 2.00 bits per heavy atom. The van der Waals surface area contributed by atoms with Crippen LogP contribution in [-0.4, -0.2) is 29.7 Å². The molecule has 2 rings (SSSR count). The van der Waals surface area contributed by atoms with Crippen molar-refractivity contribution in [3.63, 3.8) is 0 Å². The molecule has 3 nitrogen and oxygen atoms in total. The lowest BCUT2D eigenvalue weighted by molar-refractivity contribution is -0.120. The van der Waals surface area contributed by atoms with Gasteiger partial charge in [0.1, 0.15) is 5.78 Å². The van der Waals surface area contributed by atoms with Crippen molar-refractivity contribution >= 4 is 11.7 Å². The number of ketones is 1. The molecule has 0 N–H and O–H groups in total. The second kappa shape index (κ2) is 5.13. The summed E-state index contributed by atoms with van der Waals surface area (Å²) in [5, 5.41) is 0. The monoisotopic (exact) mass is 231 g/mol. The van der Waals surface area contributed by atoms with Crippen LogP contribution in [0.2, 0.25) is 0 Å². The van der Waals surface area contributed by atoms with E-state index in [1.165, 1.54) is 5.56 Å². The van der Waals surface area contributed by atoms with E-state index >= 15 is 0 Å². The molecule has 1 heterocycles. The minimum absolute atomic E-state index is 0.0489. The Balaban J connectivity index is 2.10. The van der Waals surface area contributed by atoms with E-state index in [1.54, 1.807) is 4.90 Å². The Morgan fingerprint density at radius 1 is 1.29 bits per heavy atom. The molecule has 0 aromatic heterocycles. The fraction of sp³-hybridized carbons (Fsp3) is 0.429. The Bertz CT molecular complexity index is 430. The molecule has 1 aromatic carbocycles. The maximum Gasteiger partial charge on any atom is 0.253 e. The van der Waals surface area contributed by atoms with Crippen LogP contribution in [0.3, 0.4) is 0 Å². The second-order valence-electron chi connectivity index (χ2n) is 4.38. The van der Waals surface area contributed by atoms with Crippen molar-refractivity contribution in [1.29, 1.82) is 0 Å². The maximum absolute atomic E-state index is 12.2. The summed E-state index contributed by atoms with van der Waals surface area (Å²) < 4.78 is 0. The van der Waals surface area contributed by atoms with Gasteiger partial charge in [0.2, 0.25) is 0 Å². The zero-order valence-electron chi connectivity index (χ0n) is 10.1. The van der Waals surface area contributed by atoms with Gasteiger partial charge in [-0.15, -0.1) is 0 Å². The number of rotatable bonds is 2. The predicted octanol–water partition coefficient (Wildman–Crippen LogP) is 2.05. The zero-order valence-corrected chi connectivity index (χ0v) is 10.1. The molecule has 0 radical (unpaired) electrons. The van der Waals surface area contributed by atoms with Crippen LogP contribution in [-0.2, 0) is 11.2 Å². The third-order valence-electron chi connectivity index (χ3n) is 3.19. The molecule has 0 spiro atoms. The lowest BCUT2D eigenvalue weighted by Crippen LogP contribution is -2.38.